The van der Waals surface area contributed by atoms with Crippen LogP contribution in [0.4, 0.5) is 8.78 Å². The number of hydrogen-bond acceptors (Lipinski definition) is 4. The molecule has 1 fully saturated rings. The average molecular weight is 319 g/mol. The van der Waals surface area contributed by atoms with Gasteiger partial charge in [-0.3, -0.25) is 4.79 Å². The normalized spacial score (nSPS) is 20.4. The number of halogens is 2. The van der Waals surface area contributed by atoms with Gasteiger partial charge in [0.2, 0.25) is 0 Å². The van der Waals surface area contributed by atoms with Crippen molar-refractivity contribution in [3.8, 4) is 0 Å². The summed E-state index contributed by atoms with van der Waals surface area (Å²) in [5, 5.41) is 23.6. The van der Waals surface area contributed by atoms with Crippen LogP contribution in [-0.2, 0) is 4.79 Å². The summed E-state index contributed by atoms with van der Waals surface area (Å²) in [5.74, 6) is -5.27. The van der Waals surface area contributed by atoms with E-state index in [4.69, 9.17) is 0 Å². The molecule has 1 amide bonds. The standard InChI is InChI=1S/C14H19F2NO3S/c1-9(8-10(18)11-4-2-7-21-11)17-12(19)14(15,16)13(20)5-3-6-13/h2,4,7,9-10,18,20H,3,5-6,8H2,1H3,(H,17,19). The smallest absolute Gasteiger partial charge is 0.352 e. The van der Waals surface area contributed by atoms with E-state index < -0.39 is 29.6 Å². The highest BCUT2D eigenvalue weighted by Crippen LogP contribution is 2.44. The molecule has 1 aliphatic carbocycles. The van der Waals surface area contributed by atoms with Gasteiger partial charge in [0, 0.05) is 10.9 Å². The van der Waals surface area contributed by atoms with Crippen LogP contribution in [0.25, 0.3) is 0 Å². The molecule has 4 nitrogen and oxygen atoms in total. The third-order valence-corrected chi connectivity index (χ3v) is 4.85. The Bertz CT molecular complexity index is 488. The van der Waals surface area contributed by atoms with Crippen LogP contribution in [-0.4, -0.2) is 33.7 Å². The molecule has 1 aromatic rings. The Morgan fingerprint density at radius 2 is 2.24 bits per heavy atom. The van der Waals surface area contributed by atoms with Gasteiger partial charge < -0.3 is 15.5 Å². The van der Waals surface area contributed by atoms with Gasteiger partial charge >= 0.3 is 5.92 Å². The lowest BCUT2D eigenvalue weighted by Crippen LogP contribution is -2.61. The number of alkyl halides is 2. The minimum atomic E-state index is -3.80. The molecule has 2 atom stereocenters. The lowest BCUT2D eigenvalue weighted by atomic mass is 9.75. The van der Waals surface area contributed by atoms with Crippen LogP contribution in [0.5, 0.6) is 0 Å². The van der Waals surface area contributed by atoms with E-state index in [2.05, 4.69) is 5.32 Å². The van der Waals surface area contributed by atoms with Crippen molar-refractivity contribution in [1.82, 2.24) is 5.32 Å². The van der Waals surface area contributed by atoms with Crippen LogP contribution in [0.3, 0.4) is 0 Å². The summed E-state index contributed by atoms with van der Waals surface area (Å²) in [6, 6.07) is 2.91. The Kier molecular flexibility index (Phi) is 4.65. The highest BCUT2D eigenvalue weighted by atomic mass is 32.1. The Morgan fingerprint density at radius 1 is 1.57 bits per heavy atom. The molecule has 0 spiro atoms. The van der Waals surface area contributed by atoms with E-state index in [0.717, 1.165) is 4.88 Å². The Balaban J connectivity index is 1.90. The van der Waals surface area contributed by atoms with Crippen molar-refractivity contribution in [3.05, 3.63) is 22.4 Å². The average Bonchev–Trinajstić information content (AvgIpc) is 2.89. The molecule has 0 aromatic carbocycles. The van der Waals surface area contributed by atoms with Crippen molar-refractivity contribution in [3.63, 3.8) is 0 Å². The summed E-state index contributed by atoms with van der Waals surface area (Å²) < 4.78 is 27.8. The predicted octanol–water partition coefficient (Wildman–Crippen LogP) is 2.23. The first-order valence-electron chi connectivity index (χ1n) is 6.89. The molecule has 1 aromatic heterocycles. The largest absolute Gasteiger partial charge is 0.387 e. The predicted molar refractivity (Wildman–Crippen MR) is 75.2 cm³/mol. The molecule has 3 N–H and O–H groups in total. The third kappa shape index (κ3) is 3.25. The zero-order valence-electron chi connectivity index (χ0n) is 11.7. The number of carbonyl (C=O) groups excluding carboxylic acids is 1. The number of aliphatic hydroxyl groups is 2. The molecular formula is C14H19F2NO3S. The van der Waals surface area contributed by atoms with E-state index in [0.29, 0.717) is 6.42 Å². The zero-order valence-corrected chi connectivity index (χ0v) is 12.5. The number of rotatable bonds is 6. The van der Waals surface area contributed by atoms with Gasteiger partial charge in [-0.2, -0.15) is 8.78 Å². The topological polar surface area (TPSA) is 69.6 Å². The second kappa shape index (κ2) is 5.98. The van der Waals surface area contributed by atoms with E-state index in [1.165, 1.54) is 11.3 Å². The summed E-state index contributed by atoms with van der Waals surface area (Å²) in [4.78, 5) is 12.4. The summed E-state index contributed by atoms with van der Waals surface area (Å²) in [7, 11) is 0. The minimum Gasteiger partial charge on any atom is -0.387 e. The van der Waals surface area contributed by atoms with Gasteiger partial charge in [0.1, 0.15) is 5.60 Å². The molecule has 118 valence electrons. The number of carbonyl (C=O) groups is 1. The van der Waals surface area contributed by atoms with E-state index in [1.807, 2.05) is 5.38 Å². The number of nitrogens with one attached hydrogen (secondary N) is 1. The van der Waals surface area contributed by atoms with Crippen LogP contribution in [0, 0.1) is 0 Å². The minimum absolute atomic E-state index is 0.0698. The fourth-order valence-electron chi connectivity index (χ4n) is 2.34. The molecule has 21 heavy (non-hydrogen) atoms. The van der Waals surface area contributed by atoms with Crippen molar-refractivity contribution in [2.45, 2.75) is 56.3 Å². The molecule has 7 heteroatoms. The van der Waals surface area contributed by atoms with Crippen LogP contribution < -0.4 is 5.32 Å². The molecule has 2 unspecified atom stereocenters. The molecule has 0 bridgehead atoms. The van der Waals surface area contributed by atoms with Crippen molar-refractivity contribution in [2.75, 3.05) is 0 Å². The first kappa shape index (κ1) is 16.3. The van der Waals surface area contributed by atoms with Gasteiger partial charge in [-0.15, -0.1) is 11.3 Å². The first-order chi connectivity index (χ1) is 9.76. The molecule has 0 saturated heterocycles. The number of hydrogen-bond donors (Lipinski definition) is 3. The highest BCUT2D eigenvalue weighted by Gasteiger charge is 2.61. The summed E-state index contributed by atoms with van der Waals surface area (Å²) in [6.45, 7) is 1.55. The molecule has 0 radical (unpaired) electrons. The van der Waals surface area contributed by atoms with Crippen LogP contribution in [0.1, 0.15) is 43.6 Å². The maximum Gasteiger partial charge on any atom is 0.352 e. The summed E-state index contributed by atoms with van der Waals surface area (Å²) >= 11 is 1.36. The summed E-state index contributed by atoms with van der Waals surface area (Å²) in [5.41, 5.74) is -2.22. The monoisotopic (exact) mass is 319 g/mol. The Hall–Kier alpha value is -1.05. The van der Waals surface area contributed by atoms with Crippen LogP contribution in [0.2, 0.25) is 0 Å². The second-order valence-electron chi connectivity index (χ2n) is 5.60. The quantitative estimate of drug-likeness (QED) is 0.753. The summed E-state index contributed by atoms with van der Waals surface area (Å²) in [6.07, 6.45) is -0.313. The van der Waals surface area contributed by atoms with Crippen molar-refractivity contribution >= 4 is 17.2 Å². The number of amides is 1. The lowest BCUT2D eigenvalue weighted by molar-refractivity contribution is -0.216. The molecule has 1 heterocycles. The zero-order chi connectivity index (χ0) is 15.7. The first-order valence-corrected chi connectivity index (χ1v) is 7.77. The van der Waals surface area contributed by atoms with Crippen molar-refractivity contribution in [2.24, 2.45) is 0 Å². The van der Waals surface area contributed by atoms with E-state index in [-0.39, 0.29) is 19.3 Å². The fourth-order valence-corrected chi connectivity index (χ4v) is 3.07. The Morgan fingerprint density at radius 3 is 2.71 bits per heavy atom. The Labute approximate surface area is 125 Å². The van der Waals surface area contributed by atoms with Crippen LogP contribution >= 0.6 is 11.3 Å². The van der Waals surface area contributed by atoms with Gasteiger partial charge in [0.15, 0.2) is 0 Å². The fraction of sp³-hybridized carbons (Fsp3) is 0.643. The van der Waals surface area contributed by atoms with E-state index in [9.17, 15) is 23.8 Å². The molecule has 0 aliphatic heterocycles. The van der Waals surface area contributed by atoms with Gasteiger partial charge in [0.05, 0.1) is 6.10 Å². The second-order valence-corrected chi connectivity index (χ2v) is 6.58. The number of aliphatic hydroxyl groups excluding tert-OH is 1. The van der Waals surface area contributed by atoms with Crippen molar-refractivity contribution < 1.29 is 23.8 Å². The van der Waals surface area contributed by atoms with Gasteiger partial charge in [0.25, 0.3) is 5.91 Å². The third-order valence-electron chi connectivity index (χ3n) is 3.88. The SMILES string of the molecule is CC(CC(O)c1cccs1)NC(=O)C(F)(F)C1(O)CCC1. The molecule has 1 saturated carbocycles. The maximum absolute atomic E-state index is 13.9. The maximum atomic E-state index is 13.9. The van der Waals surface area contributed by atoms with Gasteiger partial charge in [-0.05, 0) is 44.1 Å². The van der Waals surface area contributed by atoms with E-state index >= 15 is 0 Å². The van der Waals surface area contributed by atoms with Crippen LogP contribution in [0.15, 0.2) is 17.5 Å². The highest BCUT2D eigenvalue weighted by molar-refractivity contribution is 7.10. The molecular weight excluding hydrogens is 300 g/mol. The number of thiophene rings is 1. The molecule has 2 rings (SSSR count). The van der Waals surface area contributed by atoms with Gasteiger partial charge in [-0.25, -0.2) is 0 Å². The van der Waals surface area contributed by atoms with E-state index in [1.54, 1.807) is 19.1 Å². The lowest BCUT2D eigenvalue weighted by Gasteiger charge is -2.41. The van der Waals surface area contributed by atoms with Crippen molar-refractivity contribution in [1.29, 1.82) is 0 Å². The molecule has 1 aliphatic rings. The van der Waals surface area contributed by atoms with Gasteiger partial charge in [-0.1, -0.05) is 6.07 Å².